The molecule has 4 bridgehead atoms. The molecule has 0 spiro atoms. The molecule has 0 aromatic heterocycles. The highest BCUT2D eigenvalue weighted by atomic mass is 16.5. The van der Waals surface area contributed by atoms with Crippen LogP contribution in [0, 0.1) is 11.8 Å². The zero-order valence-corrected chi connectivity index (χ0v) is 13.8. The van der Waals surface area contributed by atoms with E-state index in [2.05, 4.69) is 9.80 Å². The number of amides is 1. The molecule has 0 N–H and O–H groups in total. The summed E-state index contributed by atoms with van der Waals surface area (Å²) in [7, 11) is 3.23. The van der Waals surface area contributed by atoms with Gasteiger partial charge in [0.1, 0.15) is 11.5 Å². The number of nitrogens with zero attached hydrogens (tertiary/aromatic N) is 2. The molecular formula is C18H24N2O3. The molecule has 4 unspecified atom stereocenters. The Bertz CT molecular complexity index is 582. The maximum atomic E-state index is 13.1. The van der Waals surface area contributed by atoms with Gasteiger partial charge in [-0.2, -0.15) is 0 Å². The Morgan fingerprint density at radius 2 is 1.65 bits per heavy atom. The first-order chi connectivity index (χ1) is 11.2. The fourth-order valence-electron chi connectivity index (χ4n) is 4.63. The topological polar surface area (TPSA) is 42.0 Å². The molecule has 5 heteroatoms. The Morgan fingerprint density at radius 3 is 2.30 bits per heavy atom. The number of hydrogen-bond acceptors (Lipinski definition) is 4. The smallest absolute Gasteiger partial charge is 0.254 e. The van der Waals surface area contributed by atoms with Crippen molar-refractivity contribution in [2.24, 2.45) is 11.8 Å². The van der Waals surface area contributed by atoms with Gasteiger partial charge >= 0.3 is 0 Å². The molecule has 0 saturated carbocycles. The summed E-state index contributed by atoms with van der Waals surface area (Å²) in [6, 6.07) is 5.80. The van der Waals surface area contributed by atoms with Gasteiger partial charge in [-0.3, -0.25) is 4.79 Å². The van der Waals surface area contributed by atoms with Crippen LogP contribution in [0.25, 0.3) is 0 Å². The van der Waals surface area contributed by atoms with Gasteiger partial charge in [0, 0.05) is 43.9 Å². The lowest BCUT2D eigenvalue weighted by Crippen LogP contribution is -2.50. The van der Waals surface area contributed by atoms with Crippen molar-refractivity contribution in [2.75, 3.05) is 40.4 Å². The van der Waals surface area contributed by atoms with E-state index >= 15 is 0 Å². The highest BCUT2D eigenvalue weighted by molar-refractivity contribution is 5.95. The van der Waals surface area contributed by atoms with Crippen LogP contribution >= 0.6 is 0 Å². The molecule has 4 aliphatic heterocycles. The average Bonchev–Trinajstić information content (AvgIpc) is 2.77. The molecule has 1 aromatic rings. The van der Waals surface area contributed by atoms with E-state index in [1.165, 1.54) is 13.0 Å². The SMILES string of the molecule is COc1cc(OC)cc(C(=O)N2CC3CC4CC2CN(C4)C3)c1. The summed E-state index contributed by atoms with van der Waals surface area (Å²) in [5.74, 6) is 2.83. The number of rotatable bonds is 3. The van der Waals surface area contributed by atoms with Crippen molar-refractivity contribution in [2.45, 2.75) is 18.9 Å². The molecule has 4 fully saturated rings. The van der Waals surface area contributed by atoms with Crippen molar-refractivity contribution in [3.05, 3.63) is 23.8 Å². The van der Waals surface area contributed by atoms with E-state index in [0.717, 1.165) is 32.0 Å². The second kappa shape index (κ2) is 5.71. The van der Waals surface area contributed by atoms with Crippen molar-refractivity contribution in [1.29, 1.82) is 0 Å². The van der Waals surface area contributed by atoms with Gasteiger partial charge in [-0.1, -0.05) is 0 Å². The van der Waals surface area contributed by atoms with E-state index in [1.54, 1.807) is 20.3 Å². The van der Waals surface area contributed by atoms with Crippen molar-refractivity contribution in [1.82, 2.24) is 9.80 Å². The van der Waals surface area contributed by atoms with Crippen LogP contribution in [0.5, 0.6) is 11.5 Å². The van der Waals surface area contributed by atoms with E-state index < -0.39 is 0 Å². The molecule has 0 radical (unpaired) electrons. The quantitative estimate of drug-likeness (QED) is 0.854. The minimum atomic E-state index is 0.113. The zero-order chi connectivity index (χ0) is 16.0. The average molecular weight is 316 g/mol. The highest BCUT2D eigenvalue weighted by Crippen LogP contribution is 2.37. The second-order valence-corrected chi connectivity index (χ2v) is 7.13. The Kier molecular flexibility index (Phi) is 3.68. The Balaban J connectivity index is 1.64. The maximum Gasteiger partial charge on any atom is 0.254 e. The third-order valence-corrected chi connectivity index (χ3v) is 5.53. The Hall–Kier alpha value is -1.75. The molecule has 5 nitrogen and oxygen atoms in total. The minimum Gasteiger partial charge on any atom is -0.497 e. The normalized spacial score (nSPS) is 31.8. The van der Waals surface area contributed by atoms with Crippen LogP contribution in [-0.4, -0.2) is 62.1 Å². The van der Waals surface area contributed by atoms with Crippen LogP contribution in [0.4, 0.5) is 0 Å². The molecular weight excluding hydrogens is 292 g/mol. The first-order valence-electron chi connectivity index (χ1n) is 8.42. The lowest BCUT2D eigenvalue weighted by molar-refractivity contribution is 0.0573. The molecule has 124 valence electrons. The summed E-state index contributed by atoms with van der Waals surface area (Å²) in [5.41, 5.74) is 0.664. The fraction of sp³-hybridized carbons (Fsp3) is 0.611. The summed E-state index contributed by atoms with van der Waals surface area (Å²) in [5, 5.41) is 0. The molecule has 4 saturated heterocycles. The molecule has 4 aliphatic rings. The van der Waals surface area contributed by atoms with Crippen LogP contribution in [0.3, 0.4) is 0 Å². The van der Waals surface area contributed by atoms with E-state index in [0.29, 0.717) is 29.0 Å². The number of methoxy groups -OCH3 is 2. The third-order valence-electron chi connectivity index (χ3n) is 5.53. The predicted molar refractivity (Wildman–Crippen MR) is 87.0 cm³/mol. The lowest BCUT2D eigenvalue weighted by atomic mass is 9.84. The van der Waals surface area contributed by atoms with E-state index in [-0.39, 0.29) is 5.91 Å². The van der Waals surface area contributed by atoms with Gasteiger partial charge in [-0.05, 0) is 36.8 Å². The minimum absolute atomic E-state index is 0.113. The van der Waals surface area contributed by atoms with Gasteiger partial charge in [0.05, 0.1) is 14.2 Å². The van der Waals surface area contributed by atoms with E-state index in [9.17, 15) is 4.79 Å². The number of carbonyl (C=O) groups is 1. The first kappa shape index (κ1) is 14.8. The molecule has 5 rings (SSSR count). The summed E-state index contributed by atoms with van der Waals surface area (Å²) in [6.07, 6.45) is 2.43. The predicted octanol–water partition coefficient (Wildman–Crippen LogP) is 1.87. The van der Waals surface area contributed by atoms with Crippen LogP contribution < -0.4 is 9.47 Å². The number of carbonyl (C=O) groups excluding carboxylic acids is 1. The summed E-state index contributed by atoms with van der Waals surface area (Å²) < 4.78 is 10.6. The Labute approximate surface area is 137 Å². The van der Waals surface area contributed by atoms with Gasteiger partial charge < -0.3 is 19.3 Å². The molecule has 4 heterocycles. The van der Waals surface area contributed by atoms with Crippen molar-refractivity contribution >= 4 is 5.91 Å². The van der Waals surface area contributed by atoms with Crippen molar-refractivity contribution < 1.29 is 14.3 Å². The van der Waals surface area contributed by atoms with E-state index in [4.69, 9.17) is 9.47 Å². The van der Waals surface area contributed by atoms with Gasteiger partial charge in [0.15, 0.2) is 0 Å². The standard InChI is InChI=1S/C18H24N2O3/c1-22-16-5-14(6-17(7-16)23-2)18(21)20-10-13-3-12-4-15(20)11-19(8-12)9-13/h5-7,12-13,15H,3-4,8-11H2,1-2H3. The van der Waals surface area contributed by atoms with E-state index in [1.807, 2.05) is 12.1 Å². The second-order valence-electron chi connectivity index (χ2n) is 7.13. The maximum absolute atomic E-state index is 13.1. The highest BCUT2D eigenvalue weighted by Gasteiger charge is 2.43. The van der Waals surface area contributed by atoms with Crippen LogP contribution in [-0.2, 0) is 0 Å². The molecule has 23 heavy (non-hydrogen) atoms. The summed E-state index contributed by atoms with van der Waals surface area (Å²) in [6.45, 7) is 4.29. The summed E-state index contributed by atoms with van der Waals surface area (Å²) >= 11 is 0. The van der Waals surface area contributed by atoms with Crippen LogP contribution in [0.15, 0.2) is 18.2 Å². The number of piperidine rings is 2. The fourth-order valence-corrected chi connectivity index (χ4v) is 4.63. The summed E-state index contributed by atoms with van der Waals surface area (Å²) in [4.78, 5) is 17.8. The third kappa shape index (κ3) is 2.67. The monoisotopic (exact) mass is 316 g/mol. The molecule has 1 amide bonds. The van der Waals surface area contributed by atoms with Gasteiger partial charge in [0.25, 0.3) is 5.91 Å². The Morgan fingerprint density at radius 1 is 0.957 bits per heavy atom. The van der Waals surface area contributed by atoms with Gasteiger partial charge in [0.2, 0.25) is 0 Å². The largest absolute Gasteiger partial charge is 0.497 e. The number of benzene rings is 1. The zero-order valence-electron chi connectivity index (χ0n) is 13.8. The number of hydrogen-bond donors (Lipinski definition) is 0. The first-order valence-corrected chi connectivity index (χ1v) is 8.42. The van der Waals surface area contributed by atoms with Crippen molar-refractivity contribution in [3.63, 3.8) is 0 Å². The molecule has 0 aliphatic carbocycles. The van der Waals surface area contributed by atoms with Gasteiger partial charge in [-0.25, -0.2) is 0 Å². The van der Waals surface area contributed by atoms with Crippen LogP contribution in [0.1, 0.15) is 23.2 Å². The molecule has 1 aromatic carbocycles. The molecule has 4 atom stereocenters. The van der Waals surface area contributed by atoms with Gasteiger partial charge in [-0.15, -0.1) is 0 Å². The number of ether oxygens (including phenoxy) is 2. The lowest BCUT2D eigenvalue weighted by Gasteiger charge is -2.41. The van der Waals surface area contributed by atoms with Crippen LogP contribution in [0.2, 0.25) is 0 Å². The number of fused-ring (bicyclic) bond motifs is 1. The van der Waals surface area contributed by atoms with Crippen molar-refractivity contribution in [3.8, 4) is 11.5 Å².